The molecule has 1 aliphatic heterocycles. The number of amides is 1. The van der Waals surface area contributed by atoms with Gasteiger partial charge < -0.3 is 14.4 Å². The van der Waals surface area contributed by atoms with Gasteiger partial charge in [0.05, 0.1) is 36.1 Å². The lowest BCUT2D eigenvalue weighted by atomic mass is 10.2. The molecule has 0 saturated carbocycles. The zero-order chi connectivity index (χ0) is 24.5. The highest BCUT2D eigenvalue weighted by atomic mass is 35.5. The summed E-state index contributed by atoms with van der Waals surface area (Å²) in [7, 11) is 1.54. The summed E-state index contributed by atoms with van der Waals surface area (Å²) in [5.74, 6) is 1.43. The number of rotatable bonds is 6. The van der Waals surface area contributed by atoms with Crippen LogP contribution in [0.3, 0.4) is 0 Å². The SMILES string of the molecule is C=CC(=O)N1CC[C@@H](n2c(=O)n(-c3ccc(Oc4cccc(OC)c4Cl)cc3)c3cnccc32)C1. The van der Waals surface area contributed by atoms with Gasteiger partial charge in [0, 0.05) is 19.3 Å². The highest BCUT2D eigenvalue weighted by molar-refractivity contribution is 6.33. The number of pyridine rings is 1. The third-order valence-electron chi connectivity index (χ3n) is 6.16. The summed E-state index contributed by atoms with van der Waals surface area (Å²) in [6, 6.07) is 14.2. The van der Waals surface area contributed by atoms with Crippen molar-refractivity contribution in [1.82, 2.24) is 19.0 Å². The fourth-order valence-corrected chi connectivity index (χ4v) is 4.71. The predicted molar refractivity (Wildman–Crippen MR) is 134 cm³/mol. The smallest absolute Gasteiger partial charge is 0.334 e. The number of nitrogens with zero attached hydrogens (tertiary/aromatic N) is 4. The molecular formula is C26H23ClN4O4. The Morgan fingerprint density at radius 1 is 1.14 bits per heavy atom. The second kappa shape index (κ2) is 9.31. The van der Waals surface area contributed by atoms with Crippen LogP contribution in [0, 0.1) is 0 Å². The Bertz CT molecular complexity index is 1480. The maximum Gasteiger partial charge on any atom is 0.334 e. The van der Waals surface area contributed by atoms with E-state index in [0.717, 1.165) is 5.52 Å². The molecule has 35 heavy (non-hydrogen) atoms. The molecule has 0 unspecified atom stereocenters. The van der Waals surface area contributed by atoms with Crippen molar-refractivity contribution in [2.45, 2.75) is 12.5 Å². The van der Waals surface area contributed by atoms with Crippen LogP contribution in [-0.2, 0) is 4.79 Å². The average molecular weight is 491 g/mol. The van der Waals surface area contributed by atoms with E-state index in [4.69, 9.17) is 21.1 Å². The Labute approximate surface area is 206 Å². The van der Waals surface area contributed by atoms with Crippen LogP contribution in [0.4, 0.5) is 0 Å². The van der Waals surface area contributed by atoms with Gasteiger partial charge in [0.25, 0.3) is 0 Å². The van der Waals surface area contributed by atoms with E-state index in [1.165, 1.54) is 6.08 Å². The first kappa shape index (κ1) is 22.7. The number of aromatic nitrogens is 3. The second-order valence-corrected chi connectivity index (χ2v) is 8.53. The van der Waals surface area contributed by atoms with E-state index in [0.29, 0.717) is 53.0 Å². The number of ether oxygens (including phenoxy) is 2. The summed E-state index contributed by atoms with van der Waals surface area (Å²) < 4.78 is 14.6. The normalized spacial score (nSPS) is 15.4. The highest BCUT2D eigenvalue weighted by Crippen LogP contribution is 2.36. The van der Waals surface area contributed by atoms with Crippen LogP contribution in [0.25, 0.3) is 16.7 Å². The number of hydrogen-bond acceptors (Lipinski definition) is 5. The minimum absolute atomic E-state index is 0.127. The van der Waals surface area contributed by atoms with Gasteiger partial charge in [-0.3, -0.25) is 18.9 Å². The zero-order valence-corrected chi connectivity index (χ0v) is 19.8. The lowest BCUT2D eigenvalue weighted by molar-refractivity contribution is -0.125. The number of hydrogen-bond donors (Lipinski definition) is 0. The van der Waals surface area contributed by atoms with E-state index in [2.05, 4.69) is 11.6 Å². The number of carbonyl (C=O) groups is 1. The molecule has 8 nitrogen and oxygen atoms in total. The van der Waals surface area contributed by atoms with Crippen LogP contribution >= 0.6 is 11.6 Å². The number of likely N-dealkylation sites (tertiary alicyclic amines) is 1. The van der Waals surface area contributed by atoms with E-state index in [9.17, 15) is 9.59 Å². The van der Waals surface area contributed by atoms with Crippen LogP contribution in [-0.4, -0.2) is 45.1 Å². The van der Waals surface area contributed by atoms with E-state index in [1.54, 1.807) is 63.9 Å². The predicted octanol–water partition coefficient (Wildman–Crippen LogP) is 4.60. The Morgan fingerprint density at radius 3 is 2.66 bits per heavy atom. The molecule has 0 spiro atoms. The molecule has 0 radical (unpaired) electrons. The lowest BCUT2D eigenvalue weighted by Crippen LogP contribution is -2.31. The fourth-order valence-electron chi connectivity index (χ4n) is 4.47. The first-order chi connectivity index (χ1) is 17.0. The number of benzene rings is 2. The van der Waals surface area contributed by atoms with Crippen molar-refractivity contribution in [1.29, 1.82) is 0 Å². The van der Waals surface area contributed by atoms with Crippen LogP contribution in [0.5, 0.6) is 17.2 Å². The van der Waals surface area contributed by atoms with E-state index >= 15 is 0 Å². The van der Waals surface area contributed by atoms with Gasteiger partial charge in [0.2, 0.25) is 5.91 Å². The summed E-state index contributed by atoms with van der Waals surface area (Å²) in [6.07, 6.45) is 5.34. The average Bonchev–Trinajstić information content (AvgIpc) is 3.47. The largest absolute Gasteiger partial charge is 0.495 e. The first-order valence-electron chi connectivity index (χ1n) is 11.1. The molecule has 0 bridgehead atoms. The number of methoxy groups -OCH3 is 1. The third-order valence-corrected chi connectivity index (χ3v) is 6.53. The van der Waals surface area contributed by atoms with Crippen molar-refractivity contribution >= 4 is 28.5 Å². The van der Waals surface area contributed by atoms with Gasteiger partial charge in [-0.15, -0.1) is 0 Å². The fraction of sp³-hybridized carbons (Fsp3) is 0.192. The monoisotopic (exact) mass is 490 g/mol. The van der Waals surface area contributed by atoms with Gasteiger partial charge in [-0.05, 0) is 55.0 Å². The Balaban J connectivity index is 1.49. The van der Waals surface area contributed by atoms with Gasteiger partial charge in [0.15, 0.2) is 0 Å². The number of fused-ring (bicyclic) bond motifs is 1. The maximum absolute atomic E-state index is 13.6. The quantitative estimate of drug-likeness (QED) is 0.369. The molecule has 1 saturated heterocycles. The van der Waals surface area contributed by atoms with Crippen LogP contribution in [0.2, 0.25) is 5.02 Å². The molecule has 9 heteroatoms. The zero-order valence-electron chi connectivity index (χ0n) is 19.1. The van der Waals surface area contributed by atoms with Crippen molar-refractivity contribution in [3.8, 4) is 22.9 Å². The van der Waals surface area contributed by atoms with Crippen LogP contribution < -0.4 is 15.2 Å². The van der Waals surface area contributed by atoms with Gasteiger partial charge in [-0.1, -0.05) is 24.2 Å². The Morgan fingerprint density at radius 2 is 1.91 bits per heavy atom. The van der Waals surface area contributed by atoms with Crippen molar-refractivity contribution < 1.29 is 14.3 Å². The molecule has 1 fully saturated rings. The van der Waals surface area contributed by atoms with Gasteiger partial charge in [0.1, 0.15) is 22.3 Å². The molecule has 178 valence electrons. The molecule has 2 aromatic carbocycles. The lowest BCUT2D eigenvalue weighted by Gasteiger charge is -2.15. The van der Waals surface area contributed by atoms with Crippen molar-refractivity contribution in [2.75, 3.05) is 20.2 Å². The van der Waals surface area contributed by atoms with Gasteiger partial charge >= 0.3 is 5.69 Å². The van der Waals surface area contributed by atoms with E-state index < -0.39 is 0 Å². The molecule has 5 rings (SSSR count). The molecule has 1 amide bonds. The summed E-state index contributed by atoms with van der Waals surface area (Å²) in [6.45, 7) is 4.61. The topological polar surface area (TPSA) is 78.6 Å². The van der Waals surface area contributed by atoms with Crippen molar-refractivity contribution in [2.24, 2.45) is 0 Å². The standard InChI is InChI=1S/C26H23ClN4O4/c1-3-24(32)29-14-12-18(16-29)31-20-11-13-28-15-21(20)30(26(31)33)17-7-9-19(10-8-17)35-23-6-4-5-22(34-2)25(23)27/h3-11,13,15,18H,1,12,14,16H2,2H3/t18-/m1/s1. The van der Waals surface area contributed by atoms with Crippen LogP contribution in [0.15, 0.2) is 78.4 Å². The summed E-state index contributed by atoms with van der Waals surface area (Å²) in [5.41, 5.74) is 1.95. The molecule has 0 N–H and O–H groups in total. The molecule has 1 atom stereocenters. The van der Waals surface area contributed by atoms with Gasteiger partial charge in [-0.2, -0.15) is 0 Å². The first-order valence-corrected chi connectivity index (χ1v) is 11.5. The summed E-state index contributed by atoms with van der Waals surface area (Å²) >= 11 is 6.34. The molecule has 3 heterocycles. The van der Waals surface area contributed by atoms with E-state index in [1.807, 2.05) is 18.2 Å². The Hall–Kier alpha value is -4.04. The van der Waals surface area contributed by atoms with Crippen LogP contribution in [0.1, 0.15) is 12.5 Å². The molecule has 2 aromatic heterocycles. The minimum atomic E-state index is -0.185. The third kappa shape index (κ3) is 4.06. The minimum Gasteiger partial charge on any atom is -0.495 e. The van der Waals surface area contributed by atoms with Crippen molar-refractivity contribution in [3.63, 3.8) is 0 Å². The Kier molecular flexibility index (Phi) is 6.05. The molecule has 4 aromatic rings. The molecule has 0 aliphatic carbocycles. The van der Waals surface area contributed by atoms with E-state index in [-0.39, 0.29) is 17.6 Å². The number of halogens is 1. The number of imidazole rings is 1. The summed E-state index contributed by atoms with van der Waals surface area (Å²) in [4.78, 5) is 31.6. The molecule has 1 aliphatic rings. The number of carbonyl (C=O) groups excluding carboxylic acids is 1. The maximum atomic E-state index is 13.6. The summed E-state index contributed by atoms with van der Waals surface area (Å²) in [5, 5.41) is 0.380. The van der Waals surface area contributed by atoms with Gasteiger partial charge in [-0.25, -0.2) is 4.79 Å². The van der Waals surface area contributed by atoms with Crippen molar-refractivity contribution in [3.05, 3.63) is 89.1 Å². The highest BCUT2D eigenvalue weighted by Gasteiger charge is 2.30. The molecular weight excluding hydrogens is 468 g/mol. The second-order valence-electron chi connectivity index (χ2n) is 8.15.